The summed E-state index contributed by atoms with van der Waals surface area (Å²) in [6.45, 7) is 0. The number of rotatable bonds is 2. The van der Waals surface area contributed by atoms with Crippen molar-refractivity contribution in [3.63, 3.8) is 0 Å². The van der Waals surface area contributed by atoms with E-state index >= 15 is 0 Å². The van der Waals surface area contributed by atoms with Gasteiger partial charge in [-0.05, 0) is 23.8 Å². The highest BCUT2D eigenvalue weighted by Gasteiger charge is 2.24. The van der Waals surface area contributed by atoms with Gasteiger partial charge in [0.15, 0.2) is 0 Å². The van der Waals surface area contributed by atoms with E-state index in [1.54, 1.807) is 18.6 Å². The third-order valence-electron chi connectivity index (χ3n) is 2.40. The van der Waals surface area contributed by atoms with Crippen molar-refractivity contribution in [3.8, 4) is 0 Å². The molecule has 0 aromatic carbocycles. The third kappa shape index (κ3) is 2.00. The lowest BCUT2D eigenvalue weighted by molar-refractivity contribution is 0.471. The minimum absolute atomic E-state index is 0.0729. The summed E-state index contributed by atoms with van der Waals surface area (Å²) >= 11 is 1.98. The van der Waals surface area contributed by atoms with Gasteiger partial charge >= 0.3 is 0 Å². The smallest absolute Gasteiger partial charge is 0.0757 e. The van der Waals surface area contributed by atoms with Crippen molar-refractivity contribution in [1.82, 2.24) is 9.97 Å². The van der Waals surface area contributed by atoms with E-state index in [9.17, 15) is 0 Å². The van der Waals surface area contributed by atoms with Crippen molar-refractivity contribution in [3.05, 3.63) is 24.3 Å². The standard InChI is InChI=1S/C9H13N3S/c10-9(7-1-4-13-6-7)8-5-11-2-3-12-8/h2-3,5,7,9H,1,4,6,10H2. The molecule has 70 valence electrons. The molecule has 0 aliphatic carbocycles. The van der Waals surface area contributed by atoms with Crippen LogP contribution in [0.4, 0.5) is 0 Å². The molecule has 1 aliphatic heterocycles. The molecular formula is C9H13N3S. The van der Waals surface area contributed by atoms with Crippen LogP contribution in [0.15, 0.2) is 18.6 Å². The average Bonchev–Trinajstić information content (AvgIpc) is 2.71. The molecule has 13 heavy (non-hydrogen) atoms. The number of thioether (sulfide) groups is 1. The Hall–Kier alpha value is -0.610. The summed E-state index contributed by atoms with van der Waals surface area (Å²) in [5.41, 5.74) is 7.01. The fourth-order valence-corrected chi connectivity index (χ4v) is 2.87. The highest BCUT2D eigenvalue weighted by Crippen LogP contribution is 2.31. The van der Waals surface area contributed by atoms with E-state index in [2.05, 4.69) is 9.97 Å². The van der Waals surface area contributed by atoms with Crippen LogP contribution in [0, 0.1) is 5.92 Å². The van der Waals surface area contributed by atoms with Gasteiger partial charge in [-0.3, -0.25) is 9.97 Å². The first-order valence-corrected chi connectivity index (χ1v) is 5.62. The van der Waals surface area contributed by atoms with Crippen LogP contribution >= 0.6 is 11.8 Å². The van der Waals surface area contributed by atoms with Gasteiger partial charge in [0.25, 0.3) is 0 Å². The molecule has 4 heteroatoms. The van der Waals surface area contributed by atoms with E-state index in [0.717, 1.165) is 11.4 Å². The van der Waals surface area contributed by atoms with Crippen LogP contribution in [0.3, 0.4) is 0 Å². The Morgan fingerprint density at radius 1 is 1.54 bits per heavy atom. The van der Waals surface area contributed by atoms with Crippen molar-refractivity contribution in [2.75, 3.05) is 11.5 Å². The maximum atomic E-state index is 6.08. The second kappa shape index (κ2) is 4.07. The van der Waals surface area contributed by atoms with E-state index in [1.807, 2.05) is 11.8 Å². The molecule has 2 unspecified atom stereocenters. The topological polar surface area (TPSA) is 51.8 Å². The largest absolute Gasteiger partial charge is 0.322 e. The quantitative estimate of drug-likeness (QED) is 0.771. The van der Waals surface area contributed by atoms with Crippen LogP contribution in [0.2, 0.25) is 0 Å². The molecule has 3 nitrogen and oxygen atoms in total. The Kier molecular flexibility index (Phi) is 2.80. The number of hydrogen-bond donors (Lipinski definition) is 1. The molecule has 1 aromatic rings. The van der Waals surface area contributed by atoms with E-state index in [1.165, 1.54) is 12.2 Å². The molecule has 1 aliphatic rings. The number of nitrogens with zero attached hydrogens (tertiary/aromatic N) is 2. The molecule has 0 saturated carbocycles. The maximum Gasteiger partial charge on any atom is 0.0757 e. The van der Waals surface area contributed by atoms with Gasteiger partial charge in [0, 0.05) is 18.6 Å². The monoisotopic (exact) mass is 195 g/mol. The minimum Gasteiger partial charge on any atom is -0.322 e. The first-order valence-electron chi connectivity index (χ1n) is 4.47. The molecule has 2 atom stereocenters. The van der Waals surface area contributed by atoms with Crippen molar-refractivity contribution in [1.29, 1.82) is 0 Å². The molecule has 0 amide bonds. The van der Waals surface area contributed by atoms with Crippen molar-refractivity contribution in [2.24, 2.45) is 11.7 Å². The normalized spacial score (nSPS) is 24.5. The van der Waals surface area contributed by atoms with Gasteiger partial charge in [-0.25, -0.2) is 0 Å². The predicted octanol–water partition coefficient (Wildman–Crippen LogP) is 1.23. The summed E-state index contributed by atoms with van der Waals surface area (Å²) in [5, 5.41) is 0. The Bertz CT molecular complexity index is 259. The second-order valence-electron chi connectivity index (χ2n) is 3.28. The SMILES string of the molecule is NC(c1cnccn1)C1CCSC1. The molecule has 1 fully saturated rings. The van der Waals surface area contributed by atoms with Crippen LogP contribution in [0.1, 0.15) is 18.2 Å². The van der Waals surface area contributed by atoms with Crippen molar-refractivity contribution in [2.45, 2.75) is 12.5 Å². The lowest BCUT2D eigenvalue weighted by Crippen LogP contribution is -2.22. The Labute approximate surface area is 82.2 Å². The predicted molar refractivity (Wildman–Crippen MR) is 54.4 cm³/mol. The molecule has 0 radical (unpaired) electrons. The number of aromatic nitrogens is 2. The number of hydrogen-bond acceptors (Lipinski definition) is 4. The molecule has 2 heterocycles. The van der Waals surface area contributed by atoms with Crippen LogP contribution in [-0.2, 0) is 0 Å². The fourth-order valence-electron chi connectivity index (χ4n) is 1.56. The fraction of sp³-hybridized carbons (Fsp3) is 0.556. The summed E-state index contributed by atoms with van der Waals surface area (Å²) in [6, 6.07) is 0.0729. The Morgan fingerprint density at radius 2 is 2.46 bits per heavy atom. The van der Waals surface area contributed by atoms with Gasteiger partial charge in [0.05, 0.1) is 11.7 Å². The van der Waals surface area contributed by atoms with E-state index < -0.39 is 0 Å². The van der Waals surface area contributed by atoms with Gasteiger partial charge in [-0.2, -0.15) is 11.8 Å². The summed E-state index contributed by atoms with van der Waals surface area (Å²) in [5.74, 6) is 2.98. The average molecular weight is 195 g/mol. The summed E-state index contributed by atoms with van der Waals surface area (Å²) in [4.78, 5) is 8.25. The second-order valence-corrected chi connectivity index (χ2v) is 4.43. The Morgan fingerprint density at radius 3 is 3.08 bits per heavy atom. The van der Waals surface area contributed by atoms with Gasteiger partial charge in [-0.1, -0.05) is 0 Å². The van der Waals surface area contributed by atoms with Crippen LogP contribution < -0.4 is 5.73 Å². The molecule has 2 N–H and O–H groups in total. The van der Waals surface area contributed by atoms with E-state index in [-0.39, 0.29) is 6.04 Å². The zero-order chi connectivity index (χ0) is 9.10. The van der Waals surface area contributed by atoms with Gasteiger partial charge in [0.1, 0.15) is 0 Å². The van der Waals surface area contributed by atoms with Crippen molar-refractivity contribution < 1.29 is 0 Å². The number of nitrogens with two attached hydrogens (primary N) is 1. The van der Waals surface area contributed by atoms with E-state index in [0.29, 0.717) is 5.92 Å². The molecule has 0 spiro atoms. The van der Waals surface area contributed by atoms with Gasteiger partial charge in [0.2, 0.25) is 0 Å². The van der Waals surface area contributed by atoms with Crippen molar-refractivity contribution >= 4 is 11.8 Å². The first-order chi connectivity index (χ1) is 6.38. The lowest BCUT2D eigenvalue weighted by atomic mass is 9.98. The minimum atomic E-state index is 0.0729. The van der Waals surface area contributed by atoms with Crippen LogP contribution in [0.5, 0.6) is 0 Å². The summed E-state index contributed by atoms with van der Waals surface area (Å²) in [7, 11) is 0. The highest BCUT2D eigenvalue weighted by molar-refractivity contribution is 7.99. The summed E-state index contributed by atoms with van der Waals surface area (Å²) in [6.07, 6.45) is 6.37. The molecule has 2 rings (SSSR count). The lowest BCUT2D eigenvalue weighted by Gasteiger charge is -2.16. The Balaban J connectivity index is 2.08. The molecule has 0 bridgehead atoms. The summed E-state index contributed by atoms with van der Waals surface area (Å²) < 4.78 is 0. The van der Waals surface area contributed by atoms with Crippen LogP contribution in [0.25, 0.3) is 0 Å². The van der Waals surface area contributed by atoms with Gasteiger partial charge < -0.3 is 5.73 Å². The highest BCUT2D eigenvalue weighted by atomic mass is 32.2. The molecule has 1 saturated heterocycles. The molecule has 1 aromatic heterocycles. The van der Waals surface area contributed by atoms with Gasteiger partial charge in [-0.15, -0.1) is 0 Å². The zero-order valence-corrected chi connectivity index (χ0v) is 8.20. The van der Waals surface area contributed by atoms with E-state index in [4.69, 9.17) is 5.73 Å². The maximum absolute atomic E-state index is 6.08. The molecular weight excluding hydrogens is 182 g/mol. The van der Waals surface area contributed by atoms with Crippen LogP contribution in [-0.4, -0.2) is 21.5 Å². The first kappa shape index (κ1) is 8.97. The third-order valence-corrected chi connectivity index (χ3v) is 3.59. The zero-order valence-electron chi connectivity index (χ0n) is 7.39.